The van der Waals surface area contributed by atoms with Crippen LogP contribution < -0.4 is 16.4 Å². The van der Waals surface area contributed by atoms with Crippen molar-refractivity contribution in [3.63, 3.8) is 0 Å². The summed E-state index contributed by atoms with van der Waals surface area (Å²) >= 11 is 0. The molecule has 19 heavy (non-hydrogen) atoms. The Hall–Kier alpha value is -1.10. The Balaban J connectivity index is 2.20. The highest BCUT2D eigenvalue weighted by Gasteiger charge is 2.19. The Morgan fingerprint density at radius 3 is 2.84 bits per heavy atom. The molecule has 2 unspecified atom stereocenters. The van der Waals surface area contributed by atoms with Gasteiger partial charge in [0.1, 0.15) is 0 Å². The van der Waals surface area contributed by atoms with Crippen molar-refractivity contribution in [1.29, 1.82) is 0 Å². The van der Waals surface area contributed by atoms with Crippen LogP contribution in [0.25, 0.3) is 0 Å². The molecule has 0 radical (unpaired) electrons. The maximum Gasteiger partial charge on any atom is 0.220 e. The van der Waals surface area contributed by atoms with E-state index in [1.165, 1.54) is 0 Å². The second-order valence-electron chi connectivity index (χ2n) is 5.38. The number of carbonyl (C=O) groups is 2. The molecule has 1 saturated heterocycles. The summed E-state index contributed by atoms with van der Waals surface area (Å²) in [6.45, 7) is 3.42. The lowest BCUT2D eigenvalue weighted by atomic mass is 9.94. The van der Waals surface area contributed by atoms with Gasteiger partial charge in [-0.1, -0.05) is 19.8 Å². The Labute approximate surface area is 115 Å². The normalized spacial score (nSPS) is 20.7. The molecule has 0 aliphatic carbocycles. The molecule has 0 aromatic carbocycles. The number of nitrogens with one attached hydrogen (secondary N) is 2. The Kier molecular flexibility index (Phi) is 7.48. The number of carbonyl (C=O) groups excluding carboxylic acids is 2. The molecule has 0 saturated carbocycles. The van der Waals surface area contributed by atoms with Gasteiger partial charge in [-0.25, -0.2) is 0 Å². The lowest BCUT2D eigenvalue weighted by Crippen LogP contribution is -2.47. The molecule has 2 amide bonds. The molecular weight excluding hydrogens is 242 g/mol. The van der Waals surface area contributed by atoms with Gasteiger partial charge in [0.2, 0.25) is 11.8 Å². The number of piperidine rings is 1. The molecule has 1 aliphatic rings. The fourth-order valence-corrected chi connectivity index (χ4v) is 2.57. The van der Waals surface area contributed by atoms with Crippen LogP contribution in [0.3, 0.4) is 0 Å². The van der Waals surface area contributed by atoms with Gasteiger partial charge in [0.25, 0.3) is 0 Å². The zero-order valence-electron chi connectivity index (χ0n) is 11.9. The third-order valence-corrected chi connectivity index (χ3v) is 3.68. The van der Waals surface area contributed by atoms with E-state index in [0.717, 1.165) is 32.1 Å². The maximum absolute atomic E-state index is 11.9. The van der Waals surface area contributed by atoms with E-state index >= 15 is 0 Å². The van der Waals surface area contributed by atoms with E-state index in [4.69, 9.17) is 5.73 Å². The van der Waals surface area contributed by atoms with Gasteiger partial charge in [0, 0.05) is 25.4 Å². The molecule has 1 heterocycles. The van der Waals surface area contributed by atoms with Crippen LogP contribution in [0.5, 0.6) is 0 Å². The maximum atomic E-state index is 11.9. The third-order valence-electron chi connectivity index (χ3n) is 3.68. The summed E-state index contributed by atoms with van der Waals surface area (Å²) in [6.07, 6.45) is 6.02. The van der Waals surface area contributed by atoms with Crippen molar-refractivity contribution >= 4 is 11.8 Å². The van der Waals surface area contributed by atoms with Crippen molar-refractivity contribution in [1.82, 2.24) is 10.6 Å². The lowest BCUT2D eigenvalue weighted by Gasteiger charge is -2.24. The van der Waals surface area contributed by atoms with E-state index in [1.807, 2.05) is 0 Å². The molecular formula is C14H27N3O2. The second-order valence-corrected chi connectivity index (χ2v) is 5.38. The van der Waals surface area contributed by atoms with Crippen LogP contribution in [0.4, 0.5) is 0 Å². The molecule has 1 rings (SSSR count). The van der Waals surface area contributed by atoms with Crippen LogP contribution in [0.1, 0.15) is 51.9 Å². The SMILES string of the molecule is CCCC(CCN)CCC(=O)NC1CCC(=O)NC1. The quantitative estimate of drug-likeness (QED) is 0.613. The largest absolute Gasteiger partial charge is 0.354 e. The van der Waals surface area contributed by atoms with Crippen LogP contribution in [0.15, 0.2) is 0 Å². The molecule has 0 spiro atoms. The minimum absolute atomic E-state index is 0.0801. The Morgan fingerprint density at radius 2 is 2.26 bits per heavy atom. The molecule has 5 heteroatoms. The standard InChI is InChI=1S/C14H27N3O2/c1-2-3-11(8-9-15)4-6-14(19)17-12-5-7-13(18)16-10-12/h11-12H,2-10,15H2,1H3,(H,16,18)(H,17,19). The average molecular weight is 269 g/mol. The summed E-state index contributed by atoms with van der Waals surface area (Å²) in [4.78, 5) is 22.9. The number of hydrogen-bond acceptors (Lipinski definition) is 3. The zero-order valence-corrected chi connectivity index (χ0v) is 11.9. The van der Waals surface area contributed by atoms with E-state index in [-0.39, 0.29) is 17.9 Å². The molecule has 4 N–H and O–H groups in total. The Bertz CT molecular complexity index is 278. The van der Waals surface area contributed by atoms with E-state index in [0.29, 0.717) is 31.8 Å². The third kappa shape index (κ3) is 6.57. The first-order valence-corrected chi connectivity index (χ1v) is 7.41. The predicted molar refractivity (Wildman–Crippen MR) is 75.5 cm³/mol. The van der Waals surface area contributed by atoms with Gasteiger partial charge in [-0.15, -0.1) is 0 Å². The number of nitrogens with two attached hydrogens (primary N) is 1. The highest BCUT2D eigenvalue weighted by Crippen LogP contribution is 2.17. The highest BCUT2D eigenvalue weighted by molar-refractivity contribution is 5.78. The van der Waals surface area contributed by atoms with Crippen molar-refractivity contribution in [3.05, 3.63) is 0 Å². The van der Waals surface area contributed by atoms with Crippen molar-refractivity contribution < 1.29 is 9.59 Å². The zero-order chi connectivity index (χ0) is 14.1. The molecule has 2 atom stereocenters. The van der Waals surface area contributed by atoms with Gasteiger partial charge in [0.05, 0.1) is 0 Å². The number of amides is 2. The van der Waals surface area contributed by atoms with Crippen molar-refractivity contribution in [2.45, 2.75) is 57.9 Å². The summed E-state index contributed by atoms with van der Waals surface area (Å²) in [6, 6.07) is 0.101. The summed E-state index contributed by atoms with van der Waals surface area (Å²) in [5.41, 5.74) is 5.59. The van der Waals surface area contributed by atoms with Crippen LogP contribution in [-0.4, -0.2) is 30.9 Å². The van der Waals surface area contributed by atoms with E-state index in [9.17, 15) is 9.59 Å². The predicted octanol–water partition coefficient (Wildman–Crippen LogP) is 0.927. The van der Waals surface area contributed by atoms with Crippen molar-refractivity contribution in [2.24, 2.45) is 11.7 Å². The number of rotatable bonds is 8. The molecule has 1 fully saturated rings. The first-order chi connectivity index (χ1) is 9.15. The van der Waals surface area contributed by atoms with Gasteiger partial charge in [-0.3, -0.25) is 9.59 Å². The van der Waals surface area contributed by atoms with Crippen LogP contribution in [-0.2, 0) is 9.59 Å². The molecule has 5 nitrogen and oxygen atoms in total. The van der Waals surface area contributed by atoms with E-state index in [2.05, 4.69) is 17.6 Å². The van der Waals surface area contributed by atoms with Gasteiger partial charge in [0.15, 0.2) is 0 Å². The monoisotopic (exact) mass is 269 g/mol. The van der Waals surface area contributed by atoms with E-state index in [1.54, 1.807) is 0 Å². The van der Waals surface area contributed by atoms with Gasteiger partial charge >= 0.3 is 0 Å². The van der Waals surface area contributed by atoms with Crippen LogP contribution >= 0.6 is 0 Å². The van der Waals surface area contributed by atoms with Crippen LogP contribution in [0.2, 0.25) is 0 Å². The minimum atomic E-state index is 0.0801. The van der Waals surface area contributed by atoms with Gasteiger partial charge < -0.3 is 16.4 Å². The Morgan fingerprint density at radius 1 is 1.47 bits per heavy atom. The van der Waals surface area contributed by atoms with Gasteiger partial charge in [-0.05, 0) is 31.7 Å². The fourth-order valence-electron chi connectivity index (χ4n) is 2.57. The minimum Gasteiger partial charge on any atom is -0.354 e. The summed E-state index contributed by atoms with van der Waals surface area (Å²) in [5.74, 6) is 0.738. The summed E-state index contributed by atoms with van der Waals surface area (Å²) < 4.78 is 0. The highest BCUT2D eigenvalue weighted by atomic mass is 16.2. The number of hydrogen-bond donors (Lipinski definition) is 3. The molecule has 110 valence electrons. The van der Waals surface area contributed by atoms with Crippen molar-refractivity contribution in [2.75, 3.05) is 13.1 Å². The molecule has 0 aromatic rings. The van der Waals surface area contributed by atoms with E-state index < -0.39 is 0 Å². The molecule has 0 aromatic heterocycles. The second kappa shape index (κ2) is 8.91. The average Bonchev–Trinajstić information content (AvgIpc) is 2.39. The fraction of sp³-hybridized carbons (Fsp3) is 0.857. The first kappa shape index (κ1) is 16.0. The smallest absolute Gasteiger partial charge is 0.220 e. The summed E-state index contributed by atoms with van der Waals surface area (Å²) in [7, 11) is 0. The topological polar surface area (TPSA) is 84.2 Å². The molecule has 0 bridgehead atoms. The van der Waals surface area contributed by atoms with Gasteiger partial charge in [-0.2, -0.15) is 0 Å². The first-order valence-electron chi connectivity index (χ1n) is 7.41. The van der Waals surface area contributed by atoms with Crippen LogP contribution in [0, 0.1) is 5.92 Å². The van der Waals surface area contributed by atoms with Crippen molar-refractivity contribution in [3.8, 4) is 0 Å². The molecule has 1 aliphatic heterocycles. The summed E-state index contributed by atoms with van der Waals surface area (Å²) in [5, 5.41) is 5.77. The lowest BCUT2D eigenvalue weighted by molar-refractivity contribution is -0.125.